The summed E-state index contributed by atoms with van der Waals surface area (Å²) in [4.78, 5) is 0. The van der Waals surface area contributed by atoms with Crippen LogP contribution in [0.1, 0.15) is 25.7 Å². The average molecular weight is 124 g/mol. The molecule has 0 saturated carbocycles. The lowest BCUT2D eigenvalue weighted by Crippen LogP contribution is -2.31. The Balaban J connectivity index is 2.03. The summed E-state index contributed by atoms with van der Waals surface area (Å²) in [5, 5.41) is 6.51. The Bertz CT molecular complexity index is 131. The monoisotopic (exact) mass is 124 g/mol. The van der Waals surface area contributed by atoms with Crippen LogP contribution in [0.2, 0.25) is 0 Å². The van der Waals surface area contributed by atoms with E-state index in [2.05, 4.69) is 16.3 Å². The molecule has 0 bridgehead atoms. The summed E-state index contributed by atoms with van der Waals surface area (Å²) in [5.41, 5.74) is 0. The molecule has 0 aliphatic carbocycles. The molecule has 0 aromatic carbocycles. The number of fused-ring (bicyclic) bond motifs is 1. The van der Waals surface area contributed by atoms with Crippen LogP contribution in [-0.4, -0.2) is 23.8 Å². The fourth-order valence-electron chi connectivity index (χ4n) is 1.65. The second kappa shape index (κ2) is 2.01. The summed E-state index contributed by atoms with van der Waals surface area (Å²) in [6, 6.07) is 0.777. The van der Waals surface area contributed by atoms with Crippen LogP contribution < -0.4 is 0 Å². The van der Waals surface area contributed by atoms with Crippen molar-refractivity contribution in [1.29, 1.82) is 0 Å². The molecule has 0 amide bonds. The normalized spacial score (nSPS) is 32.9. The van der Waals surface area contributed by atoms with Crippen molar-refractivity contribution in [1.82, 2.24) is 5.01 Å². The average Bonchev–Trinajstić information content (AvgIpc) is 2.33. The minimum Gasteiger partial charge on any atom is -0.294 e. The molecule has 1 atom stereocenters. The Morgan fingerprint density at radius 1 is 1.44 bits per heavy atom. The van der Waals surface area contributed by atoms with Crippen molar-refractivity contribution in [2.45, 2.75) is 31.7 Å². The Kier molecular flexibility index (Phi) is 1.18. The van der Waals surface area contributed by atoms with Gasteiger partial charge in [0.2, 0.25) is 0 Å². The van der Waals surface area contributed by atoms with Crippen molar-refractivity contribution in [2.75, 3.05) is 6.54 Å². The predicted molar refractivity (Wildman–Crippen MR) is 37.5 cm³/mol. The van der Waals surface area contributed by atoms with Gasteiger partial charge >= 0.3 is 0 Å². The molecule has 0 spiro atoms. The van der Waals surface area contributed by atoms with Crippen LogP contribution in [-0.2, 0) is 0 Å². The molecule has 2 aliphatic rings. The van der Waals surface area contributed by atoms with E-state index in [1.54, 1.807) is 0 Å². The summed E-state index contributed by atoms with van der Waals surface area (Å²) in [6.07, 6.45) is 7.36. The van der Waals surface area contributed by atoms with E-state index in [0.29, 0.717) is 0 Å². The highest BCUT2D eigenvalue weighted by Crippen LogP contribution is 2.22. The lowest BCUT2D eigenvalue weighted by Gasteiger charge is -2.27. The van der Waals surface area contributed by atoms with Crippen LogP contribution in [0.4, 0.5) is 0 Å². The van der Waals surface area contributed by atoms with Gasteiger partial charge in [-0.3, -0.25) is 5.01 Å². The van der Waals surface area contributed by atoms with Gasteiger partial charge in [-0.15, -0.1) is 0 Å². The van der Waals surface area contributed by atoms with Crippen molar-refractivity contribution < 1.29 is 0 Å². The maximum Gasteiger partial charge on any atom is 0.0520 e. The zero-order valence-electron chi connectivity index (χ0n) is 5.58. The smallest absolute Gasteiger partial charge is 0.0520 e. The first kappa shape index (κ1) is 5.27. The van der Waals surface area contributed by atoms with Gasteiger partial charge in [0.1, 0.15) is 0 Å². The van der Waals surface area contributed by atoms with E-state index in [9.17, 15) is 0 Å². The van der Waals surface area contributed by atoms with Gasteiger partial charge in [-0.05, 0) is 19.3 Å². The van der Waals surface area contributed by atoms with Crippen LogP contribution in [0.15, 0.2) is 5.10 Å². The van der Waals surface area contributed by atoms with E-state index in [1.807, 2.05) is 0 Å². The topological polar surface area (TPSA) is 15.6 Å². The highest BCUT2D eigenvalue weighted by atomic mass is 15.5. The van der Waals surface area contributed by atoms with E-state index >= 15 is 0 Å². The molecule has 0 aromatic heterocycles. The van der Waals surface area contributed by atoms with Crippen molar-refractivity contribution >= 4 is 6.21 Å². The number of hydrogen-bond acceptors (Lipinski definition) is 2. The van der Waals surface area contributed by atoms with Crippen LogP contribution in [0.25, 0.3) is 0 Å². The van der Waals surface area contributed by atoms with Crippen LogP contribution >= 0.6 is 0 Å². The Labute approximate surface area is 55.5 Å². The molecule has 1 unspecified atom stereocenters. The number of hydrazone groups is 1. The number of hydrogen-bond donors (Lipinski definition) is 0. The van der Waals surface area contributed by atoms with Crippen LogP contribution in [0.5, 0.6) is 0 Å². The number of nitrogens with zero attached hydrogens (tertiary/aromatic N) is 2. The molecule has 0 radical (unpaired) electrons. The van der Waals surface area contributed by atoms with Crippen LogP contribution in [0, 0.1) is 0 Å². The van der Waals surface area contributed by atoms with Gasteiger partial charge < -0.3 is 0 Å². The van der Waals surface area contributed by atoms with Crippen molar-refractivity contribution in [3.8, 4) is 0 Å². The largest absolute Gasteiger partial charge is 0.294 e. The molecule has 0 aromatic rings. The summed E-state index contributed by atoms with van der Waals surface area (Å²) < 4.78 is 0. The fourth-order valence-corrected chi connectivity index (χ4v) is 1.65. The quantitative estimate of drug-likeness (QED) is 0.474. The third kappa shape index (κ3) is 0.824. The molecule has 2 heteroatoms. The summed E-state index contributed by atoms with van der Waals surface area (Å²) in [5.74, 6) is 0. The van der Waals surface area contributed by atoms with Gasteiger partial charge in [-0.2, -0.15) is 5.10 Å². The second-order valence-corrected chi connectivity index (χ2v) is 2.85. The zero-order valence-corrected chi connectivity index (χ0v) is 5.58. The Hall–Kier alpha value is -0.530. The van der Waals surface area contributed by atoms with E-state index < -0.39 is 0 Å². The first-order valence-electron chi connectivity index (χ1n) is 3.76. The first-order chi connectivity index (χ1) is 4.47. The van der Waals surface area contributed by atoms with E-state index in [1.165, 1.54) is 32.2 Å². The minimum absolute atomic E-state index is 0.777. The third-order valence-electron chi connectivity index (χ3n) is 2.20. The molecule has 2 nitrogen and oxygen atoms in total. The minimum atomic E-state index is 0.777. The molecule has 50 valence electrons. The molecule has 2 aliphatic heterocycles. The van der Waals surface area contributed by atoms with Gasteiger partial charge in [-0.25, -0.2) is 0 Å². The lowest BCUT2D eigenvalue weighted by molar-refractivity contribution is 0.178. The molecule has 2 rings (SSSR count). The fraction of sp³-hybridized carbons (Fsp3) is 0.857. The Morgan fingerprint density at radius 3 is 3.33 bits per heavy atom. The van der Waals surface area contributed by atoms with Crippen molar-refractivity contribution in [3.05, 3.63) is 0 Å². The van der Waals surface area contributed by atoms with Gasteiger partial charge in [0, 0.05) is 19.2 Å². The highest BCUT2D eigenvalue weighted by molar-refractivity contribution is 5.59. The van der Waals surface area contributed by atoms with E-state index in [0.717, 1.165) is 6.04 Å². The molecule has 0 N–H and O–H groups in total. The van der Waals surface area contributed by atoms with Gasteiger partial charge in [0.15, 0.2) is 0 Å². The molecule has 2 heterocycles. The second-order valence-electron chi connectivity index (χ2n) is 2.85. The van der Waals surface area contributed by atoms with Crippen molar-refractivity contribution in [3.63, 3.8) is 0 Å². The van der Waals surface area contributed by atoms with Crippen molar-refractivity contribution in [2.24, 2.45) is 5.10 Å². The number of rotatable bonds is 0. The predicted octanol–water partition coefficient (Wildman–Crippen LogP) is 1.23. The van der Waals surface area contributed by atoms with E-state index in [-0.39, 0.29) is 0 Å². The summed E-state index contributed by atoms with van der Waals surface area (Å²) in [7, 11) is 0. The maximum absolute atomic E-state index is 4.27. The molecule has 9 heavy (non-hydrogen) atoms. The SMILES string of the molecule is C1=NN2CCCCC2C1. The standard InChI is InChI=1S/C7H12N2/c1-2-6-9-7(3-1)4-5-8-9/h5,7H,1-4,6H2. The summed E-state index contributed by atoms with van der Waals surface area (Å²) in [6.45, 7) is 1.20. The molecular formula is C7H12N2. The molecular weight excluding hydrogens is 112 g/mol. The number of piperidine rings is 1. The lowest BCUT2D eigenvalue weighted by atomic mass is 10.0. The van der Waals surface area contributed by atoms with E-state index in [4.69, 9.17) is 0 Å². The van der Waals surface area contributed by atoms with Crippen LogP contribution in [0.3, 0.4) is 0 Å². The molecule has 1 fully saturated rings. The third-order valence-corrected chi connectivity index (χ3v) is 2.20. The maximum atomic E-state index is 4.27. The Morgan fingerprint density at radius 2 is 2.44 bits per heavy atom. The van der Waals surface area contributed by atoms with Gasteiger partial charge in [0.25, 0.3) is 0 Å². The first-order valence-corrected chi connectivity index (χ1v) is 3.76. The zero-order chi connectivity index (χ0) is 6.10. The van der Waals surface area contributed by atoms with Gasteiger partial charge in [-0.1, -0.05) is 0 Å². The summed E-state index contributed by atoms with van der Waals surface area (Å²) >= 11 is 0. The van der Waals surface area contributed by atoms with Gasteiger partial charge in [0.05, 0.1) is 6.04 Å². The molecule has 1 saturated heterocycles. The highest BCUT2D eigenvalue weighted by Gasteiger charge is 2.22.